The molecule has 11 rings (SSSR count). The van der Waals surface area contributed by atoms with Gasteiger partial charge in [-0.3, -0.25) is 9.59 Å². The number of aromatic hydroxyl groups is 4. The van der Waals surface area contributed by atoms with Crippen LogP contribution in [0, 0.1) is 34.6 Å². The molecule has 0 fully saturated rings. The first-order valence-electron chi connectivity index (χ1n) is 40.5. The number of thiocarbonyl (C=S) groups is 4. The average molecular weight is 1810 g/mol. The summed E-state index contributed by atoms with van der Waals surface area (Å²) in [4.78, 5) is 44.3. The molecule has 5 aromatic heterocycles. The molecule has 31 nitrogen and oxygen atoms in total. The Morgan fingerprint density at radius 2 is 0.532 bits per heavy atom. The highest BCUT2D eigenvalue weighted by Gasteiger charge is 2.13. The molecular formula is C91H121N15O16S4. The van der Waals surface area contributed by atoms with Crippen molar-refractivity contribution < 1.29 is 78.1 Å². The molecule has 5 heterocycles. The van der Waals surface area contributed by atoms with E-state index in [0.717, 1.165) is 168 Å². The highest BCUT2D eigenvalue weighted by molar-refractivity contribution is 7.80. The van der Waals surface area contributed by atoms with E-state index >= 15 is 0 Å². The van der Waals surface area contributed by atoms with Gasteiger partial charge in [-0.15, -0.1) is 0 Å². The van der Waals surface area contributed by atoms with Gasteiger partial charge in [0.25, 0.3) is 0 Å². The molecule has 0 unspecified atom stereocenters. The Morgan fingerprint density at radius 1 is 0.310 bits per heavy atom. The Balaban J connectivity index is 0.000000265. The number of rotatable bonds is 39. The summed E-state index contributed by atoms with van der Waals surface area (Å²) in [6, 6.07) is 31.3. The number of phenols is 4. The van der Waals surface area contributed by atoms with E-state index in [9.17, 15) is 30.0 Å². The van der Waals surface area contributed by atoms with Crippen molar-refractivity contribution in [2.45, 2.75) is 138 Å². The van der Waals surface area contributed by atoms with Crippen LogP contribution in [0.1, 0.15) is 94.0 Å². The molecule has 0 bridgehead atoms. The van der Waals surface area contributed by atoms with E-state index in [1.807, 2.05) is 132 Å². The second-order valence-corrected chi connectivity index (χ2v) is 30.3. The topological polar surface area (TPSA) is 393 Å². The number of hydrogen-bond donors (Lipinski definition) is 11. The minimum atomic E-state index is -0.926. The number of benzene rings is 6. The predicted octanol–water partition coefficient (Wildman–Crippen LogP) is 13.0. The van der Waals surface area contributed by atoms with E-state index in [2.05, 4.69) is 82.9 Å². The molecule has 0 saturated carbocycles. The zero-order valence-electron chi connectivity index (χ0n) is 74.0. The standard InChI is InChI=1S/2C17H23N3O2S.2C16H21N3O2S.2C9H10O4.C7H13N3/c2*1-13-11-18-12-20(13)8-4-7-19-17(23)10-14-5-6-15(21-2)16(9-14)22-3;1-12-10-17-11-19(12)7-3-6-18-16(22)9-13-4-5-15(21-2)14(20)8-13;1-12-10-17-11-19(12)7-3-6-18-16(22)9-13-4-5-14(20)15(8-13)21-2;1-13-8-3-2-6(4-7(8)10)5-9(11)12;1-13-8-4-6(5-9(11)12)2-3-7(8)10;1-7-5-9-6-10(7)4-2-3-8/h2*5-6,9,11-12H,4,7-8,10H2,1-3H3,(H,19,23);2*4-5,8,10-11,20H,3,6-7,9H2,1-2H3,(H,18,22);2*2-4,10H,5H2,1H3,(H,11,12);5-6H,2-4,8H2,1H3/i3-1;2-1;;;;;. The second kappa shape index (κ2) is 57.8. The Hall–Kier alpha value is -12.6. The van der Waals surface area contributed by atoms with E-state index in [1.165, 1.54) is 75.5 Å². The summed E-state index contributed by atoms with van der Waals surface area (Å²) in [6.07, 6.45) is 26.0. The number of carboxylic acid groups (broad SMARTS) is 2. The number of nitrogens with two attached hydrogens (primary N) is 1. The van der Waals surface area contributed by atoms with E-state index < -0.39 is 11.9 Å². The van der Waals surface area contributed by atoms with Crippen LogP contribution in [0.5, 0.6) is 69.0 Å². The van der Waals surface area contributed by atoms with Crippen LogP contribution in [0.4, 0.5) is 0 Å². The summed E-state index contributed by atoms with van der Waals surface area (Å²) in [6.45, 7) is 19.1. The van der Waals surface area contributed by atoms with Crippen LogP contribution in [-0.4, -0.2) is 200 Å². The summed E-state index contributed by atoms with van der Waals surface area (Å²) in [5.74, 6) is 2.89. The number of methoxy groups -OCH3 is 8. The highest BCUT2D eigenvalue weighted by Crippen LogP contribution is 2.32. The second-order valence-electron chi connectivity index (χ2n) is 28.3. The number of hydrogen-bond acceptors (Lipinski definition) is 24. The number of carbonyl (C=O) groups is 2. The van der Waals surface area contributed by atoms with Crippen LogP contribution in [0.2, 0.25) is 0 Å². The first-order chi connectivity index (χ1) is 60.6. The maximum absolute atomic E-state index is 10.3. The zero-order chi connectivity index (χ0) is 92.3. The maximum Gasteiger partial charge on any atom is 0.307 e. The summed E-state index contributed by atoms with van der Waals surface area (Å²) < 4.78 is 51.5. The first-order valence-corrected chi connectivity index (χ1v) is 42.1. The smallest absolute Gasteiger partial charge is 0.307 e. The van der Waals surface area contributed by atoms with Crippen molar-refractivity contribution in [3.05, 3.63) is 234 Å². The fourth-order valence-corrected chi connectivity index (χ4v) is 13.0. The van der Waals surface area contributed by atoms with Crippen LogP contribution in [0.15, 0.2) is 172 Å². The maximum atomic E-state index is 10.3. The van der Waals surface area contributed by atoms with Gasteiger partial charge in [0.1, 0.15) is 0 Å². The number of aromatic nitrogens is 10. The molecule has 35 heteroatoms. The molecule has 0 atom stereocenters. The summed E-state index contributed by atoms with van der Waals surface area (Å²) in [7, 11) is 12.5. The van der Waals surface area contributed by atoms with Crippen molar-refractivity contribution >= 4 is 80.8 Å². The third-order valence-electron chi connectivity index (χ3n) is 18.8. The van der Waals surface area contributed by atoms with Crippen LogP contribution < -0.4 is 64.9 Å². The van der Waals surface area contributed by atoms with Crippen LogP contribution >= 0.6 is 48.9 Å². The lowest BCUT2D eigenvalue weighted by atomic mass is 10.1. The summed E-state index contributed by atoms with van der Waals surface area (Å²) in [5, 5.41) is 67.9. The number of nitrogens with zero attached hydrogens (tertiary/aromatic N) is 10. The zero-order valence-corrected chi connectivity index (χ0v) is 77.2. The van der Waals surface area contributed by atoms with Crippen molar-refractivity contribution in [2.75, 3.05) is 89.6 Å². The molecule has 0 aliphatic heterocycles. The van der Waals surface area contributed by atoms with E-state index in [-0.39, 0.29) is 35.8 Å². The molecule has 126 heavy (non-hydrogen) atoms. The number of imidazole rings is 5. The molecule has 12 N–H and O–H groups in total. The number of ether oxygens (including phenoxy) is 8. The van der Waals surface area contributed by atoms with Crippen molar-refractivity contribution in [2.24, 2.45) is 5.73 Å². The fraction of sp³-hybridized carbons (Fsp3) is 0.374. The Bertz CT molecular complexity index is 5030. The van der Waals surface area contributed by atoms with Gasteiger partial charge in [0, 0.05) is 144 Å². The van der Waals surface area contributed by atoms with Gasteiger partial charge in [0.05, 0.1) is 121 Å². The molecule has 680 valence electrons. The van der Waals surface area contributed by atoms with E-state index in [0.29, 0.717) is 59.8 Å². The van der Waals surface area contributed by atoms with E-state index in [1.54, 1.807) is 64.8 Å². The van der Waals surface area contributed by atoms with Gasteiger partial charge in [-0.1, -0.05) is 85.3 Å². The molecule has 0 radical (unpaired) electrons. The van der Waals surface area contributed by atoms with Gasteiger partial charge in [-0.25, -0.2) is 24.9 Å². The van der Waals surface area contributed by atoms with Gasteiger partial charge >= 0.3 is 11.9 Å². The third-order valence-corrected chi connectivity index (χ3v) is 20.0. The molecule has 0 aliphatic rings. The van der Waals surface area contributed by atoms with Crippen molar-refractivity contribution in [3.8, 4) is 69.0 Å². The fourth-order valence-electron chi connectivity index (χ4n) is 12.0. The molecule has 11 aromatic rings. The van der Waals surface area contributed by atoms with Crippen LogP contribution in [-0.2, 0) is 80.8 Å². The predicted molar refractivity (Wildman–Crippen MR) is 505 cm³/mol. The number of aliphatic carboxylic acids is 2. The van der Waals surface area contributed by atoms with Gasteiger partial charge in [0.15, 0.2) is 69.0 Å². The lowest BCUT2D eigenvalue weighted by Crippen LogP contribution is -2.25. The quantitative estimate of drug-likeness (QED) is 0.0126. The van der Waals surface area contributed by atoms with E-state index in [4.69, 9.17) is 103 Å². The number of phenolic OH excluding ortho intramolecular Hbond substituents is 4. The molecule has 0 spiro atoms. The highest BCUT2D eigenvalue weighted by atomic mass is 32.1. The largest absolute Gasteiger partial charge is 0.504 e. The van der Waals surface area contributed by atoms with Gasteiger partial charge < -0.3 is 118 Å². The Labute approximate surface area is 759 Å². The number of carboxylic acids is 2. The summed E-state index contributed by atoms with van der Waals surface area (Å²) >= 11 is 21.5. The Morgan fingerprint density at radius 3 is 0.762 bits per heavy atom. The first kappa shape index (κ1) is 104. The lowest BCUT2D eigenvalue weighted by Gasteiger charge is -2.11. The van der Waals surface area contributed by atoms with Crippen molar-refractivity contribution in [3.63, 3.8) is 0 Å². The molecule has 0 saturated heterocycles. The SMILES string of the molecule is COc1cc(CC(=O)O)ccc1O.COc1cc(CC(=S)NCCCn2cncc2C)ccc1O.COc1cc(CC(=S)NCCCn2cncc2C)ccc1O[11CH3].COc1ccc(CC(=O)O)cc1O.COc1ccc(CC(=S)NCCCn2cncc2C)cc1O.COc1ccc(CC(=S)NCCCn2cncc2C)cc1O[11CH3].Cc1cncn1CCCN. The van der Waals surface area contributed by atoms with Crippen molar-refractivity contribution in [1.29, 1.82) is 0 Å². The minimum absolute atomic E-state index is 0.0108. The van der Waals surface area contributed by atoms with Gasteiger partial charge in [-0.2, -0.15) is 0 Å². The number of nitrogens with one attached hydrogen (secondary N) is 4. The molecular weight excluding hydrogens is 1690 g/mol. The molecule has 6 aromatic carbocycles. The minimum Gasteiger partial charge on any atom is -0.504 e. The van der Waals surface area contributed by atoms with Gasteiger partial charge in [-0.05, 0) is 179 Å². The molecule has 0 amide bonds. The third kappa shape index (κ3) is 38.7. The Kier molecular flexibility index (Phi) is 47.7. The lowest BCUT2D eigenvalue weighted by molar-refractivity contribution is -0.137. The monoisotopic (exact) mass is 1810 g/mol. The van der Waals surface area contributed by atoms with Gasteiger partial charge in [0.2, 0.25) is 0 Å². The van der Waals surface area contributed by atoms with Crippen molar-refractivity contribution in [1.82, 2.24) is 69.0 Å². The summed E-state index contributed by atoms with van der Waals surface area (Å²) in [5.41, 5.74) is 16.6. The average Bonchev–Trinajstić information content (AvgIpc) is 1.36. The van der Waals surface area contributed by atoms with Crippen LogP contribution in [0.25, 0.3) is 0 Å². The van der Waals surface area contributed by atoms with Crippen LogP contribution in [0.3, 0.4) is 0 Å². The normalized spacial score (nSPS) is 10.2. The number of aryl methyl sites for hydroxylation is 10. The molecule has 0 aliphatic carbocycles.